The second kappa shape index (κ2) is 7.92. The van der Waals surface area contributed by atoms with E-state index >= 15 is 0 Å². The maximum atomic E-state index is 6.21. The van der Waals surface area contributed by atoms with E-state index in [1.807, 2.05) is 19.1 Å². The lowest BCUT2D eigenvalue weighted by Gasteiger charge is -2.26. The number of hydrogen-bond donors (Lipinski definition) is 3. The van der Waals surface area contributed by atoms with Crippen LogP contribution < -0.4 is 16.4 Å². The number of aryl methyl sites for hydroxylation is 1. The van der Waals surface area contributed by atoms with E-state index in [0.29, 0.717) is 17.3 Å². The first-order valence-corrected chi connectivity index (χ1v) is 8.49. The molecule has 2 aromatic rings. The molecule has 2 aromatic heterocycles. The fourth-order valence-electron chi connectivity index (χ4n) is 2.88. The standard InChI is InChI=1S/C17H25N7/c1-13-6-5-7-19-15(13)23-17-14(18)16(21-12-22-17)20-8-11-24-9-3-2-4-10-24/h5-7,12H,2-4,8-11,18H2,1H3,(H2,19,20,21,22,23). The molecule has 0 aromatic carbocycles. The molecule has 7 nitrogen and oxygen atoms in total. The van der Waals surface area contributed by atoms with Gasteiger partial charge in [-0.05, 0) is 44.5 Å². The highest BCUT2D eigenvalue weighted by Crippen LogP contribution is 2.25. The van der Waals surface area contributed by atoms with E-state index in [0.717, 1.165) is 24.5 Å². The van der Waals surface area contributed by atoms with Gasteiger partial charge in [-0.2, -0.15) is 0 Å². The van der Waals surface area contributed by atoms with Crippen LogP contribution in [0.5, 0.6) is 0 Å². The van der Waals surface area contributed by atoms with Gasteiger partial charge in [0.1, 0.15) is 17.8 Å². The zero-order valence-corrected chi connectivity index (χ0v) is 14.1. The van der Waals surface area contributed by atoms with Crippen LogP contribution in [0.25, 0.3) is 0 Å². The maximum absolute atomic E-state index is 6.21. The van der Waals surface area contributed by atoms with Crippen molar-refractivity contribution in [1.29, 1.82) is 0 Å². The second-order valence-electron chi connectivity index (χ2n) is 6.11. The van der Waals surface area contributed by atoms with Crippen molar-refractivity contribution >= 4 is 23.1 Å². The third-order valence-corrected chi connectivity index (χ3v) is 4.30. The number of nitrogens with zero attached hydrogens (tertiary/aromatic N) is 4. The van der Waals surface area contributed by atoms with E-state index in [1.54, 1.807) is 6.20 Å². The Balaban J connectivity index is 1.61. The number of likely N-dealkylation sites (tertiary alicyclic amines) is 1. The molecule has 3 heterocycles. The Morgan fingerprint density at radius 1 is 1.08 bits per heavy atom. The second-order valence-corrected chi connectivity index (χ2v) is 6.11. The van der Waals surface area contributed by atoms with Crippen LogP contribution in [0.4, 0.5) is 23.1 Å². The molecule has 4 N–H and O–H groups in total. The van der Waals surface area contributed by atoms with Gasteiger partial charge in [0.25, 0.3) is 0 Å². The third kappa shape index (κ3) is 4.11. The SMILES string of the molecule is Cc1cccnc1Nc1ncnc(NCCN2CCCCC2)c1N. The summed E-state index contributed by atoms with van der Waals surface area (Å²) in [5.74, 6) is 1.99. The Bertz CT molecular complexity index is 668. The fraction of sp³-hybridized carbons (Fsp3) is 0.471. The summed E-state index contributed by atoms with van der Waals surface area (Å²) in [6.07, 6.45) is 7.20. The minimum absolute atomic E-state index is 0.515. The molecule has 1 saturated heterocycles. The quantitative estimate of drug-likeness (QED) is 0.750. The molecule has 0 unspecified atom stereocenters. The highest BCUT2D eigenvalue weighted by atomic mass is 15.2. The first kappa shape index (κ1) is 16.4. The summed E-state index contributed by atoms with van der Waals surface area (Å²) in [6.45, 7) is 6.19. The topological polar surface area (TPSA) is 92.0 Å². The van der Waals surface area contributed by atoms with Gasteiger partial charge in [-0.15, -0.1) is 0 Å². The van der Waals surface area contributed by atoms with Crippen LogP contribution in [0, 0.1) is 6.92 Å². The molecule has 1 aliphatic rings. The van der Waals surface area contributed by atoms with Crippen LogP contribution in [-0.4, -0.2) is 46.0 Å². The average Bonchev–Trinajstić information content (AvgIpc) is 2.61. The summed E-state index contributed by atoms with van der Waals surface area (Å²) in [4.78, 5) is 15.3. The molecule has 0 radical (unpaired) electrons. The van der Waals surface area contributed by atoms with Crippen molar-refractivity contribution in [1.82, 2.24) is 19.9 Å². The number of nitrogens with two attached hydrogens (primary N) is 1. The smallest absolute Gasteiger partial charge is 0.160 e. The van der Waals surface area contributed by atoms with Gasteiger partial charge < -0.3 is 21.3 Å². The van der Waals surface area contributed by atoms with Gasteiger partial charge >= 0.3 is 0 Å². The lowest BCUT2D eigenvalue weighted by atomic mass is 10.1. The van der Waals surface area contributed by atoms with E-state index in [2.05, 4.69) is 30.5 Å². The Morgan fingerprint density at radius 3 is 2.67 bits per heavy atom. The van der Waals surface area contributed by atoms with Gasteiger partial charge in [-0.1, -0.05) is 12.5 Å². The largest absolute Gasteiger partial charge is 0.393 e. The minimum atomic E-state index is 0.515. The Kier molecular flexibility index (Phi) is 5.43. The minimum Gasteiger partial charge on any atom is -0.393 e. The van der Waals surface area contributed by atoms with Crippen molar-refractivity contribution < 1.29 is 0 Å². The predicted molar refractivity (Wildman–Crippen MR) is 97.5 cm³/mol. The van der Waals surface area contributed by atoms with Gasteiger partial charge in [-0.25, -0.2) is 15.0 Å². The number of aromatic nitrogens is 3. The monoisotopic (exact) mass is 327 g/mol. The number of nitrogen functional groups attached to an aromatic ring is 1. The normalized spacial score (nSPS) is 15.2. The molecular weight excluding hydrogens is 302 g/mol. The number of hydrogen-bond acceptors (Lipinski definition) is 7. The molecule has 1 aliphatic heterocycles. The maximum Gasteiger partial charge on any atom is 0.160 e. The van der Waals surface area contributed by atoms with Crippen LogP contribution >= 0.6 is 0 Å². The van der Waals surface area contributed by atoms with Crippen molar-refractivity contribution in [2.24, 2.45) is 0 Å². The summed E-state index contributed by atoms with van der Waals surface area (Å²) >= 11 is 0. The van der Waals surface area contributed by atoms with E-state index < -0.39 is 0 Å². The summed E-state index contributed by atoms with van der Waals surface area (Å²) in [7, 11) is 0. The van der Waals surface area contributed by atoms with Crippen LogP contribution in [0.15, 0.2) is 24.7 Å². The fourth-order valence-corrected chi connectivity index (χ4v) is 2.88. The van der Waals surface area contributed by atoms with Gasteiger partial charge in [0, 0.05) is 19.3 Å². The Labute approximate surface area is 142 Å². The van der Waals surface area contributed by atoms with Crippen molar-refractivity contribution in [3.63, 3.8) is 0 Å². The van der Waals surface area contributed by atoms with E-state index in [-0.39, 0.29) is 0 Å². The van der Waals surface area contributed by atoms with Crippen LogP contribution in [-0.2, 0) is 0 Å². The summed E-state index contributed by atoms with van der Waals surface area (Å²) in [5, 5.41) is 6.51. The summed E-state index contributed by atoms with van der Waals surface area (Å²) in [6, 6.07) is 3.89. The van der Waals surface area contributed by atoms with Crippen molar-refractivity contribution in [2.75, 3.05) is 42.5 Å². The van der Waals surface area contributed by atoms with E-state index in [9.17, 15) is 0 Å². The molecule has 7 heteroatoms. The summed E-state index contributed by atoms with van der Waals surface area (Å²) in [5.41, 5.74) is 7.76. The molecule has 0 amide bonds. The van der Waals surface area contributed by atoms with Crippen molar-refractivity contribution in [3.8, 4) is 0 Å². The zero-order chi connectivity index (χ0) is 16.8. The zero-order valence-electron chi connectivity index (χ0n) is 14.1. The highest BCUT2D eigenvalue weighted by molar-refractivity contribution is 5.77. The molecule has 128 valence electrons. The van der Waals surface area contributed by atoms with Gasteiger partial charge in [0.05, 0.1) is 0 Å². The highest BCUT2D eigenvalue weighted by Gasteiger charge is 2.12. The summed E-state index contributed by atoms with van der Waals surface area (Å²) < 4.78 is 0. The van der Waals surface area contributed by atoms with Crippen LogP contribution in [0.3, 0.4) is 0 Å². The Hall–Kier alpha value is -2.41. The predicted octanol–water partition coefficient (Wildman–Crippen LogP) is 2.40. The molecular formula is C17H25N7. The van der Waals surface area contributed by atoms with Crippen LogP contribution in [0.1, 0.15) is 24.8 Å². The number of rotatable bonds is 6. The number of anilines is 4. The molecule has 0 aliphatic carbocycles. The molecule has 1 fully saturated rings. The van der Waals surface area contributed by atoms with Gasteiger partial charge in [0.15, 0.2) is 11.6 Å². The molecule has 24 heavy (non-hydrogen) atoms. The molecule has 0 saturated carbocycles. The van der Waals surface area contributed by atoms with E-state index in [1.165, 1.54) is 38.7 Å². The Morgan fingerprint density at radius 2 is 1.88 bits per heavy atom. The number of nitrogens with one attached hydrogen (secondary N) is 2. The van der Waals surface area contributed by atoms with Gasteiger partial charge in [-0.3, -0.25) is 0 Å². The average molecular weight is 327 g/mol. The number of pyridine rings is 1. The lowest BCUT2D eigenvalue weighted by molar-refractivity contribution is 0.237. The first-order chi connectivity index (χ1) is 11.7. The van der Waals surface area contributed by atoms with Crippen LogP contribution in [0.2, 0.25) is 0 Å². The number of piperidine rings is 1. The van der Waals surface area contributed by atoms with Crippen molar-refractivity contribution in [2.45, 2.75) is 26.2 Å². The molecule has 0 bridgehead atoms. The van der Waals surface area contributed by atoms with E-state index in [4.69, 9.17) is 5.73 Å². The lowest BCUT2D eigenvalue weighted by Crippen LogP contribution is -2.33. The third-order valence-electron chi connectivity index (χ3n) is 4.30. The first-order valence-electron chi connectivity index (χ1n) is 8.49. The molecule has 3 rings (SSSR count). The molecule has 0 atom stereocenters. The van der Waals surface area contributed by atoms with Crippen molar-refractivity contribution in [3.05, 3.63) is 30.2 Å². The van der Waals surface area contributed by atoms with Gasteiger partial charge in [0.2, 0.25) is 0 Å². The molecule has 0 spiro atoms.